The number of nitrogen functional groups attached to an aromatic ring is 1. The number of rotatable bonds is 2. The SMILES string of the molecule is CC(C)c1c([N+](=O)[O-])c(N)nn1C. The molecule has 0 aliphatic carbocycles. The molecule has 2 N–H and O–H groups in total. The fraction of sp³-hybridized carbons (Fsp3) is 0.571. The molecule has 6 nitrogen and oxygen atoms in total. The molecule has 0 aliphatic rings. The number of hydrogen-bond donors (Lipinski definition) is 1. The lowest BCUT2D eigenvalue weighted by atomic mass is 10.1. The van der Waals surface area contributed by atoms with Crippen LogP contribution in [0.25, 0.3) is 0 Å². The zero-order valence-electron chi connectivity index (χ0n) is 7.81. The highest BCUT2D eigenvalue weighted by Crippen LogP contribution is 2.30. The number of aryl methyl sites for hydroxylation is 1. The maximum Gasteiger partial charge on any atom is 0.333 e. The van der Waals surface area contributed by atoms with E-state index < -0.39 is 4.92 Å². The third kappa shape index (κ3) is 1.47. The molecule has 13 heavy (non-hydrogen) atoms. The smallest absolute Gasteiger partial charge is 0.333 e. The van der Waals surface area contributed by atoms with Gasteiger partial charge in [0, 0.05) is 13.0 Å². The Balaban J connectivity index is 3.38. The van der Waals surface area contributed by atoms with E-state index in [1.54, 1.807) is 7.05 Å². The van der Waals surface area contributed by atoms with Crippen molar-refractivity contribution in [2.24, 2.45) is 7.05 Å². The Bertz CT molecular complexity index is 343. The van der Waals surface area contributed by atoms with Crippen LogP contribution in [0, 0.1) is 10.1 Å². The second-order valence-electron chi connectivity index (χ2n) is 3.15. The van der Waals surface area contributed by atoms with Crippen molar-refractivity contribution < 1.29 is 4.92 Å². The van der Waals surface area contributed by atoms with E-state index in [0.29, 0.717) is 5.69 Å². The van der Waals surface area contributed by atoms with E-state index in [0.717, 1.165) is 0 Å². The summed E-state index contributed by atoms with van der Waals surface area (Å²) in [7, 11) is 1.65. The highest BCUT2D eigenvalue weighted by atomic mass is 16.6. The second-order valence-corrected chi connectivity index (χ2v) is 3.15. The molecule has 0 saturated heterocycles. The van der Waals surface area contributed by atoms with Gasteiger partial charge in [-0.05, 0) is 0 Å². The third-order valence-corrected chi connectivity index (χ3v) is 1.82. The van der Waals surface area contributed by atoms with Gasteiger partial charge < -0.3 is 5.73 Å². The number of hydrogen-bond acceptors (Lipinski definition) is 4. The van der Waals surface area contributed by atoms with Gasteiger partial charge in [0.2, 0.25) is 5.82 Å². The van der Waals surface area contributed by atoms with Crippen LogP contribution in [-0.2, 0) is 7.05 Å². The van der Waals surface area contributed by atoms with E-state index >= 15 is 0 Å². The van der Waals surface area contributed by atoms with E-state index in [9.17, 15) is 10.1 Å². The molecule has 0 bridgehead atoms. The van der Waals surface area contributed by atoms with E-state index in [-0.39, 0.29) is 17.4 Å². The Hall–Kier alpha value is -1.59. The van der Waals surface area contributed by atoms with Crippen molar-refractivity contribution in [3.63, 3.8) is 0 Å². The molecule has 0 aromatic carbocycles. The average molecular weight is 184 g/mol. The molecule has 0 unspecified atom stereocenters. The first-order chi connectivity index (χ1) is 5.95. The summed E-state index contributed by atoms with van der Waals surface area (Å²) in [5, 5.41) is 14.4. The highest BCUT2D eigenvalue weighted by Gasteiger charge is 2.26. The van der Waals surface area contributed by atoms with Crippen molar-refractivity contribution >= 4 is 11.5 Å². The molecular weight excluding hydrogens is 172 g/mol. The van der Waals surface area contributed by atoms with Gasteiger partial charge in [0.05, 0.1) is 4.92 Å². The van der Waals surface area contributed by atoms with Crippen LogP contribution in [0.1, 0.15) is 25.5 Å². The lowest BCUT2D eigenvalue weighted by molar-refractivity contribution is -0.384. The minimum absolute atomic E-state index is 0.0174. The summed E-state index contributed by atoms with van der Waals surface area (Å²) in [6.07, 6.45) is 0. The van der Waals surface area contributed by atoms with Gasteiger partial charge in [0.15, 0.2) is 0 Å². The van der Waals surface area contributed by atoms with Gasteiger partial charge in [0.1, 0.15) is 5.69 Å². The van der Waals surface area contributed by atoms with Crippen LogP contribution in [0.5, 0.6) is 0 Å². The molecule has 1 heterocycles. The number of nitrogens with two attached hydrogens (primary N) is 1. The Labute approximate surface area is 75.5 Å². The quantitative estimate of drug-likeness (QED) is 0.549. The normalized spacial score (nSPS) is 10.8. The van der Waals surface area contributed by atoms with Crippen LogP contribution in [0.3, 0.4) is 0 Å². The van der Waals surface area contributed by atoms with E-state index in [1.807, 2.05) is 13.8 Å². The summed E-state index contributed by atoms with van der Waals surface area (Å²) >= 11 is 0. The molecule has 1 aromatic heterocycles. The zero-order valence-corrected chi connectivity index (χ0v) is 7.81. The summed E-state index contributed by atoms with van der Waals surface area (Å²) in [4.78, 5) is 10.1. The molecule has 0 radical (unpaired) electrons. The number of nitrogens with zero attached hydrogens (tertiary/aromatic N) is 3. The Morgan fingerprint density at radius 2 is 2.15 bits per heavy atom. The first kappa shape index (κ1) is 9.50. The predicted octanol–water partition coefficient (Wildman–Crippen LogP) is 1.03. The lowest BCUT2D eigenvalue weighted by Crippen LogP contribution is -2.02. The van der Waals surface area contributed by atoms with Gasteiger partial charge >= 0.3 is 5.69 Å². The van der Waals surface area contributed by atoms with E-state index in [1.165, 1.54) is 4.68 Å². The average Bonchev–Trinajstić information content (AvgIpc) is 2.24. The van der Waals surface area contributed by atoms with E-state index in [2.05, 4.69) is 5.10 Å². The van der Waals surface area contributed by atoms with Crippen LogP contribution in [-0.4, -0.2) is 14.7 Å². The van der Waals surface area contributed by atoms with Crippen molar-refractivity contribution in [2.45, 2.75) is 19.8 Å². The lowest BCUT2D eigenvalue weighted by Gasteiger charge is -2.03. The molecule has 0 fully saturated rings. The first-order valence-corrected chi connectivity index (χ1v) is 3.92. The molecule has 0 aliphatic heterocycles. The first-order valence-electron chi connectivity index (χ1n) is 3.92. The van der Waals surface area contributed by atoms with Crippen molar-refractivity contribution in [1.82, 2.24) is 9.78 Å². The Morgan fingerprint density at radius 3 is 2.46 bits per heavy atom. The predicted molar refractivity (Wildman–Crippen MR) is 48.4 cm³/mol. The maximum atomic E-state index is 10.6. The Kier molecular flexibility index (Phi) is 2.22. The van der Waals surface area contributed by atoms with Gasteiger partial charge in [-0.25, -0.2) is 0 Å². The summed E-state index contributed by atoms with van der Waals surface area (Å²) in [5.74, 6) is 0.0198. The molecule has 0 amide bonds. The fourth-order valence-corrected chi connectivity index (χ4v) is 1.38. The molecule has 72 valence electrons. The van der Waals surface area contributed by atoms with Crippen LogP contribution < -0.4 is 5.73 Å². The number of aromatic nitrogens is 2. The second kappa shape index (κ2) is 3.04. The van der Waals surface area contributed by atoms with Gasteiger partial charge in [-0.1, -0.05) is 13.8 Å². The van der Waals surface area contributed by atoms with Gasteiger partial charge in [-0.2, -0.15) is 0 Å². The summed E-state index contributed by atoms with van der Waals surface area (Å²) < 4.78 is 1.46. The van der Waals surface area contributed by atoms with Gasteiger partial charge in [-0.15, -0.1) is 5.10 Å². The molecule has 1 aromatic rings. The third-order valence-electron chi connectivity index (χ3n) is 1.82. The standard InChI is InChI=1S/C7H12N4O2/c1-4(2)5-6(11(12)13)7(8)9-10(5)3/h4H,1-3H3,(H2,8,9). The van der Waals surface area contributed by atoms with Crippen LogP contribution >= 0.6 is 0 Å². The fourth-order valence-electron chi connectivity index (χ4n) is 1.38. The van der Waals surface area contributed by atoms with Gasteiger partial charge in [-0.3, -0.25) is 14.8 Å². The summed E-state index contributed by atoms with van der Waals surface area (Å²) in [6, 6.07) is 0. The molecule has 0 saturated carbocycles. The minimum Gasteiger partial charge on any atom is -0.376 e. The number of anilines is 1. The largest absolute Gasteiger partial charge is 0.376 e. The topological polar surface area (TPSA) is 87.0 Å². The molecule has 1 rings (SSSR count). The van der Waals surface area contributed by atoms with Crippen molar-refractivity contribution in [2.75, 3.05) is 5.73 Å². The molecule has 0 spiro atoms. The minimum atomic E-state index is -0.488. The molecule has 6 heteroatoms. The van der Waals surface area contributed by atoms with Crippen LogP contribution in [0.15, 0.2) is 0 Å². The molecule has 0 atom stereocenters. The monoisotopic (exact) mass is 184 g/mol. The number of nitro groups is 1. The summed E-state index contributed by atoms with van der Waals surface area (Å²) in [6.45, 7) is 3.73. The Morgan fingerprint density at radius 1 is 1.62 bits per heavy atom. The van der Waals surface area contributed by atoms with Crippen LogP contribution in [0.2, 0.25) is 0 Å². The molecular formula is C7H12N4O2. The highest BCUT2D eigenvalue weighted by molar-refractivity contribution is 5.56. The zero-order chi connectivity index (χ0) is 10.2. The van der Waals surface area contributed by atoms with E-state index in [4.69, 9.17) is 5.73 Å². The van der Waals surface area contributed by atoms with Gasteiger partial charge in [0.25, 0.3) is 0 Å². The summed E-state index contributed by atoms with van der Waals surface area (Å²) in [5.41, 5.74) is 5.89. The maximum absolute atomic E-state index is 10.6. The van der Waals surface area contributed by atoms with Crippen molar-refractivity contribution in [1.29, 1.82) is 0 Å². The van der Waals surface area contributed by atoms with Crippen LogP contribution in [0.4, 0.5) is 11.5 Å². The van der Waals surface area contributed by atoms with Crippen molar-refractivity contribution in [3.05, 3.63) is 15.8 Å². The van der Waals surface area contributed by atoms with Crippen molar-refractivity contribution in [3.8, 4) is 0 Å².